The van der Waals surface area contributed by atoms with Crippen LogP contribution in [0.15, 0.2) is 29.2 Å². The summed E-state index contributed by atoms with van der Waals surface area (Å²) in [7, 11) is 0. The fourth-order valence-corrected chi connectivity index (χ4v) is 4.82. The standard InChI is InChI=1S/C18H28N2S/c1-14(2)20(12-16-8-5-6-10-19-16)13-17-11-15-7-3-4-9-18(15)21-17/h3-4,7,9,14,16-17,19H,5-6,8,10-13H2,1-2H3. The maximum absolute atomic E-state index is 3.70. The quantitative estimate of drug-likeness (QED) is 0.895. The van der Waals surface area contributed by atoms with Crippen molar-refractivity contribution < 1.29 is 0 Å². The minimum Gasteiger partial charge on any atom is -0.313 e. The minimum absolute atomic E-state index is 0.637. The van der Waals surface area contributed by atoms with Crippen LogP contribution >= 0.6 is 11.8 Å². The van der Waals surface area contributed by atoms with Gasteiger partial charge >= 0.3 is 0 Å². The number of hydrogen-bond donors (Lipinski definition) is 1. The van der Waals surface area contributed by atoms with Gasteiger partial charge in [-0.05, 0) is 51.3 Å². The Bertz CT molecular complexity index is 429. The molecule has 2 aliphatic rings. The van der Waals surface area contributed by atoms with Gasteiger partial charge in [0.2, 0.25) is 0 Å². The highest BCUT2D eigenvalue weighted by molar-refractivity contribution is 8.00. The highest BCUT2D eigenvalue weighted by atomic mass is 32.2. The van der Waals surface area contributed by atoms with E-state index >= 15 is 0 Å². The minimum atomic E-state index is 0.637. The first-order chi connectivity index (χ1) is 10.2. The van der Waals surface area contributed by atoms with E-state index in [9.17, 15) is 0 Å². The van der Waals surface area contributed by atoms with Gasteiger partial charge in [0.05, 0.1) is 0 Å². The molecular weight excluding hydrogens is 276 g/mol. The van der Waals surface area contributed by atoms with Crippen molar-refractivity contribution in [2.24, 2.45) is 0 Å². The van der Waals surface area contributed by atoms with Crippen LogP contribution in [0, 0.1) is 0 Å². The van der Waals surface area contributed by atoms with Crippen molar-refractivity contribution in [3.63, 3.8) is 0 Å². The molecule has 0 bridgehead atoms. The normalized spacial score (nSPS) is 25.5. The summed E-state index contributed by atoms with van der Waals surface area (Å²) in [6.07, 6.45) is 5.34. The van der Waals surface area contributed by atoms with E-state index < -0.39 is 0 Å². The van der Waals surface area contributed by atoms with E-state index in [2.05, 4.69) is 60.1 Å². The van der Waals surface area contributed by atoms with E-state index in [1.807, 2.05) is 0 Å². The Morgan fingerprint density at radius 1 is 1.24 bits per heavy atom. The number of thioether (sulfide) groups is 1. The van der Waals surface area contributed by atoms with E-state index in [1.54, 1.807) is 5.56 Å². The van der Waals surface area contributed by atoms with Crippen LogP contribution in [-0.4, -0.2) is 41.9 Å². The largest absolute Gasteiger partial charge is 0.313 e. The summed E-state index contributed by atoms with van der Waals surface area (Å²) in [5.41, 5.74) is 1.55. The molecule has 1 aromatic rings. The molecule has 2 atom stereocenters. The lowest BCUT2D eigenvalue weighted by atomic mass is 10.0. The third-order valence-electron chi connectivity index (χ3n) is 4.75. The first-order valence-electron chi connectivity index (χ1n) is 8.44. The van der Waals surface area contributed by atoms with Crippen LogP contribution in [0.3, 0.4) is 0 Å². The number of piperidine rings is 1. The lowest BCUT2D eigenvalue weighted by Gasteiger charge is -2.34. The van der Waals surface area contributed by atoms with Gasteiger partial charge in [0.25, 0.3) is 0 Å². The summed E-state index contributed by atoms with van der Waals surface area (Å²) in [5, 5.41) is 4.43. The van der Waals surface area contributed by atoms with E-state index in [4.69, 9.17) is 0 Å². The fraction of sp³-hybridized carbons (Fsp3) is 0.667. The SMILES string of the molecule is CC(C)N(CC1CCCCN1)CC1Cc2ccccc2S1. The van der Waals surface area contributed by atoms with E-state index in [-0.39, 0.29) is 0 Å². The second kappa shape index (κ2) is 7.17. The average Bonchev–Trinajstić information content (AvgIpc) is 2.90. The van der Waals surface area contributed by atoms with Crippen LogP contribution in [0.1, 0.15) is 38.7 Å². The first kappa shape index (κ1) is 15.4. The van der Waals surface area contributed by atoms with Crippen LogP contribution in [0.2, 0.25) is 0 Å². The smallest absolute Gasteiger partial charge is 0.0263 e. The molecule has 3 heteroatoms. The monoisotopic (exact) mass is 304 g/mol. The van der Waals surface area contributed by atoms with Gasteiger partial charge in [-0.1, -0.05) is 24.6 Å². The molecule has 2 unspecified atom stereocenters. The van der Waals surface area contributed by atoms with Gasteiger partial charge in [0, 0.05) is 35.3 Å². The number of fused-ring (bicyclic) bond motifs is 1. The molecule has 116 valence electrons. The first-order valence-corrected chi connectivity index (χ1v) is 9.32. The zero-order valence-corrected chi connectivity index (χ0v) is 14.2. The molecule has 0 aromatic heterocycles. The Morgan fingerprint density at radius 2 is 2.10 bits per heavy atom. The van der Waals surface area contributed by atoms with E-state index in [1.165, 1.54) is 50.2 Å². The van der Waals surface area contributed by atoms with Gasteiger partial charge in [-0.2, -0.15) is 0 Å². The van der Waals surface area contributed by atoms with Gasteiger partial charge in [-0.25, -0.2) is 0 Å². The summed E-state index contributed by atoms with van der Waals surface area (Å²) in [6, 6.07) is 10.3. The zero-order chi connectivity index (χ0) is 14.7. The lowest BCUT2D eigenvalue weighted by Crippen LogP contribution is -2.47. The van der Waals surface area contributed by atoms with E-state index in [0.29, 0.717) is 12.1 Å². The molecule has 0 saturated carbocycles. The predicted octanol–water partition coefficient (Wildman–Crippen LogP) is 3.56. The summed E-state index contributed by atoms with van der Waals surface area (Å²) in [5.74, 6) is 0. The zero-order valence-electron chi connectivity index (χ0n) is 13.3. The van der Waals surface area contributed by atoms with Crippen LogP contribution in [0.5, 0.6) is 0 Å². The van der Waals surface area contributed by atoms with Crippen LogP contribution in [0.25, 0.3) is 0 Å². The van der Waals surface area contributed by atoms with Crippen LogP contribution in [0.4, 0.5) is 0 Å². The maximum atomic E-state index is 3.70. The molecular formula is C18H28N2S. The summed E-state index contributed by atoms with van der Waals surface area (Å²) in [4.78, 5) is 4.19. The Labute approximate surface area is 133 Å². The van der Waals surface area contributed by atoms with E-state index in [0.717, 1.165) is 5.25 Å². The highest BCUT2D eigenvalue weighted by Gasteiger charge is 2.26. The molecule has 2 heterocycles. The van der Waals surface area contributed by atoms with Gasteiger partial charge < -0.3 is 5.32 Å². The van der Waals surface area contributed by atoms with Gasteiger partial charge in [-0.15, -0.1) is 11.8 Å². The molecule has 0 spiro atoms. The molecule has 1 aromatic carbocycles. The van der Waals surface area contributed by atoms with Gasteiger partial charge in [0.1, 0.15) is 0 Å². The number of nitrogens with zero attached hydrogens (tertiary/aromatic N) is 1. The summed E-state index contributed by atoms with van der Waals surface area (Å²) >= 11 is 2.08. The topological polar surface area (TPSA) is 15.3 Å². The number of nitrogens with one attached hydrogen (secondary N) is 1. The van der Waals surface area contributed by atoms with Crippen molar-refractivity contribution in [3.05, 3.63) is 29.8 Å². The summed E-state index contributed by atoms with van der Waals surface area (Å²) < 4.78 is 0. The molecule has 1 N–H and O–H groups in total. The molecule has 2 aliphatic heterocycles. The Balaban J connectivity index is 1.56. The molecule has 1 saturated heterocycles. The van der Waals surface area contributed by atoms with Crippen molar-refractivity contribution >= 4 is 11.8 Å². The molecule has 21 heavy (non-hydrogen) atoms. The number of benzene rings is 1. The van der Waals surface area contributed by atoms with Gasteiger partial charge in [0.15, 0.2) is 0 Å². The predicted molar refractivity (Wildman–Crippen MR) is 92.1 cm³/mol. The third-order valence-corrected chi connectivity index (χ3v) is 6.05. The Morgan fingerprint density at radius 3 is 2.81 bits per heavy atom. The van der Waals surface area contributed by atoms with Crippen LogP contribution < -0.4 is 5.32 Å². The second-order valence-electron chi connectivity index (χ2n) is 6.75. The van der Waals surface area contributed by atoms with Crippen molar-refractivity contribution in [3.8, 4) is 0 Å². The lowest BCUT2D eigenvalue weighted by molar-refractivity contribution is 0.186. The molecule has 1 fully saturated rings. The second-order valence-corrected chi connectivity index (χ2v) is 8.09. The third kappa shape index (κ3) is 4.02. The van der Waals surface area contributed by atoms with Gasteiger partial charge in [-0.3, -0.25) is 4.90 Å². The highest BCUT2D eigenvalue weighted by Crippen LogP contribution is 2.37. The van der Waals surface area contributed by atoms with Crippen molar-refractivity contribution in [2.45, 2.75) is 61.8 Å². The Kier molecular flexibility index (Phi) is 5.25. The molecule has 0 aliphatic carbocycles. The number of rotatable bonds is 5. The fourth-order valence-electron chi connectivity index (χ4n) is 3.48. The van der Waals surface area contributed by atoms with Crippen molar-refractivity contribution in [1.82, 2.24) is 10.2 Å². The molecule has 2 nitrogen and oxygen atoms in total. The molecule has 0 radical (unpaired) electrons. The molecule has 3 rings (SSSR count). The maximum Gasteiger partial charge on any atom is 0.0263 e. The van der Waals surface area contributed by atoms with Crippen molar-refractivity contribution in [1.29, 1.82) is 0 Å². The Hall–Kier alpha value is -0.510. The van der Waals surface area contributed by atoms with Crippen molar-refractivity contribution in [2.75, 3.05) is 19.6 Å². The summed E-state index contributed by atoms with van der Waals surface area (Å²) in [6.45, 7) is 8.33. The average molecular weight is 305 g/mol. The van der Waals surface area contributed by atoms with Crippen LogP contribution in [-0.2, 0) is 6.42 Å². The number of hydrogen-bond acceptors (Lipinski definition) is 3. The molecule has 0 amide bonds.